The van der Waals surface area contributed by atoms with Crippen molar-refractivity contribution in [2.24, 2.45) is 0 Å². The van der Waals surface area contributed by atoms with Crippen LogP contribution in [0.3, 0.4) is 0 Å². The molecule has 0 saturated carbocycles. The second kappa shape index (κ2) is 7.26. The lowest BCUT2D eigenvalue weighted by molar-refractivity contribution is 0.598. The first-order valence-electron chi connectivity index (χ1n) is 6.86. The Morgan fingerprint density at radius 3 is 2.55 bits per heavy atom. The predicted molar refractivity (Wildman–Crippen MR) is 90.5 cm³/mol. The summed E-state index contributed by atoms with van der Waals surface area (Å²) in [6.45, 7) is 5.27. The number of aryl methyl sites for hydroxylation is 1. The Balaban J connectivity index is 2.38. The summed E-state index contributed by atoms with van der Waals surface area (Å²) < 4.78 is 1.14. The highest BCUT2D eigenvalue weighted by Crippen LogP contribution is 2.27. The highest BCUT2D eigenvalue weighted by molar-refractivity contribution is 9.10. The van der Waals surface area contributed by atoms with Crippen LogP contribution in [-0.4, -0.2) is 6.54 Å². The molecule has 0 aliphatic rings. The molecule has 0 bridgehead atoms. The van der Waals surface area contributed by atoms with E-state index in [1.54, 1.807) is 0 Å². The Morgan fingerprint density at radius 2 is 1.90 bits per heavy atom. The summed E-state index contributed by atoms with van der Waals surface area (Å²) in [6, 6.07) is 14.7. The molecule has 1 unspecified atom stereocenters. The number of hydrogen-bond donors (Lipinski definition) is 1. The lowest BCUT2D eigenvalue weighted by Gasteiger charge is -2.20. The van der Waals surface area contributed by atoms with E-state index in [4.69, 9.17) is 11.6 Å². The van der Waals surface area contributed by atoms with Gasteiger partial charge in [-0.1, -0.05) is 58.7 Å². The Kier molecular flexibility index (Phi) is 5.64. The van der Waals surface area contributed by atoms with Crippen molar-refractivity contribution in [3.63, 3.8) is 0 Å². The molecule has 1 atom stereocenters. The SMILES string of the molecule is CCCNC(c1cccc(Cl)c1)c1ccc(Br)c(C)c1. The van der Waals surface area contributed by atoms with Crippen LogP contribution in [0.2, 0.25) is 5.02 Å². The highest BCUT2D eigenvalue weighted by atomic mass is 79.9. The van der Waals surface area contributed by atoms with Crippen molar-refractivity contribution >= 4 is 27.5 Å². The van der Waals surface area contributed by atoms with E-state index in [1.807, 2.05) is 18.2 Å². The maximum atomic E-state index is 6.13. The molecule has 0 spiro atoms. The van der Waals surface area contributed by atoms with E-state index in [1.165, 1.54) is 16.7 Å². The van der Waals surface area contributed by atoms with Crippen LogP contribution in [0.1, 0.15) is 36.1 Å². The topological polar surface area (TPSA) is 12.0 Å². The average molecular weight is 353 g/mol. The molecule has 2 aromatic rings. The summed E-state index contributed by atoms with van der Waals surface area (Å²) in [5, 5.41) is 4.38. The molecule has 2 rings (SSSR count). The van der Waals surface area contributed by atoms with Gasteiger partial charge in [-0.05, 0) is 54.8 Å². The smallest absolute Gasteiger partial charge is 0.0577 e. The number of rotatable bonds is 5. The molecule has 1 nitrogen and oxygen atoms in total. The van der Waals surface area contributed by atoms with E-state index < -0.39 is 0 Å². The largest absolute Gasteiger partial charge is 0.306 e. The normalized spacial score (nSPS) is 12.4. The molecule has 0 fully saturated rings. The highest BCUT2D eigenvalue weighted by Gasteiger charge is 2.14. The fraction of sp³-hybridized carbons (Fsp3) is 0.294. The van der Waals surface area contributed by atoms with Crippen molar-refractivity contribution in [2.45, 2.75) is 26.3 Å². The average Bonchev–Trinajstić information content (AvgIpc) is 2.43. The molecule has 20 heavy (non-hydrogen) atoms. The number of benzene rings is 2. The van der Waals surface area contributed by atoms with E-state index in [2.05, 4.69) is 59.4 Å². The molecule has 0 aliphatic heterocycles. The molecular formula is C17H19BrClN. The lowest BCUT2D eigenvalue weighted by atomic mass is 9.97. The van der Waals surface area contributed by atoms with Gasteiger partial charge in [0.2, 0.25) is 0 Å². The van der Waals surface area contributed by atoms with Crippen LogP contribution >= 0.6 is 27.5 Å². The molecule has 0 aliphatic carbocycles. The number of halogens is 2. The first-order chi connectivity index (χ1) is 9.61. The van der Waals surface area contributed by atoms with Crippen LogP contribution in [0.15, 0.2) is 46.9 Å². The third-order valence-corrected chi connectivity index (χ3v) is 4.42. The Hall–Kier alpha value is -0.830. The zero-order chi connectivity index (χ0) is 14.5. The van der Waals surface area contributed by atoms with Gasteiger partial charge >= 0.3 is 0 Å². The third-order valence-electron chi connectivity index (χ3n) is 3.30. The Morgan fingerprint density at radius 1 is 1.15 bits per heavy atom. The summed E-state index contributed by atoms with van der Waals surface area (Å²) in [5.74, 6) is 0. The molecule has 0 saturated heterocycles. The Labute approximate surface area is 134 Å². The summed E-state index contributed by atoms with van der Waals surface area (Å²) in [7, 11) is 0. The van der Waals surface area contributed by atoms with Crippen molar-refractivity contribution in [1.82, 2.24) is 5.32 Å². The van der Waals surface area contributed by atoms with Gasteiger partial charge in [0.05, 0.1) is 6.04 Å². The van der Waals surface area contributed by atoms with Crippen LogP contribution in [0.25, 0.3) is 0 Å². The maximum absolute atomic E-state index is 6.13. The van der Waals surface area contributed by atoms with Gasteiger partial charge in [0, 0.05) is 9.50 Å². The van der Waals surface area contributed by atoms with Gasteiger partial charge in [-0.2, -0.15) is 0 Å². The zero-order valence-electron chi connectivity index (χ0n) is 11.8. The first kappa shape index (κ1) is 15.6. The minimum atomic E-state index is 0.181. The van der Waals surface area contributed by atoms with E-state index in [9.17, 15) is 0 Å². The van der Waals surface area contributed by atoms with Gasteiger partial charge in [0.1, 0.15) is 0 Å². The number of nitrogens with one attached hydrogen (secondary N) is 1. The quantitative estimate of drug-likeness (QED) is 0.749. The lowest BCUT2D eigenvalue weighted by Crippen LogP contribution is -2.23. The van der Waals surface area contributed by atoms with Gasteiger partial charge in [0.15, 0.2) is 0 Å². The van der Waals surface area contributed by atoms with Gasteiger partial charge in [-0.3, -0.25) is 0 Å². The van der Waals surface area contributed by atoms with Crippen molar-refractivity contribution in [3.8, 4) is 0 Å². The second-order valence-corrected chi connectivity index (χ2v) is 6.24. The summed E-state index contributed by atoms with van der Waals surface area (Å²) in [5.41, 5.74) is 3.71. The summed E-state index contributed by atoms with van der Waals surface area (Å²) in [6.07, 6.45) is 1.10. The first-order valence-corrected chi connectivity index (χ1v) is 8.04. The maximum Gasteiger partial charge on any atom is 0.0577 e. The van der Waals surface area contributed by atoms with Crippen LogP contribution in [0.4, 0.5) is 0 Å². The van der Waals surface area contributed by atoms with Crippen molar-refractivity contribution in [3.05, 3.63) is 68.7 Å². The molecule has 0 amide bonds. The van der Waals surface area contributed by atoms with Crippen molar-refractivity contribution in [1.29, 1.82) is 0 Å². The van der Waals surface area contributed by atoms with E-state index in [0.717, 1.165) is 22.5 Å². The predicted octanol–water partition coefficient (Wildman–Crippen LogP) is 5.50. The van der Waals surface area contributed by atoms with E-state index >= 15 is 0 Å². The molecule has 2 aromatic carbocycles. The van der Waals surface area contributed by atoms with Gasteiger partial charge in [0.25, 0.3) is 0 Å². The van der Waals surface area contributed by atoms with Gasteiger partial charge in [-0.25, -0.2) is 0 Å². The second-order valence-electron chi connectivity index (χ2n) is 4.95. The molecule has 3 heteroatoms. The van der Waals surface area contributed by atoms with E-state index in [-0.39, 0.29) is 6.04 Å². The van der Waals surface area contributed by atoms with E-state index in [0.29, 0.717) is 0 Å². The van der Waals surface area contributed by atoms with Crippen LogP contribution in [0, 0.1) is 6.92 Å². The molecule has 1 N–H and O–H groups in total. The van der Waals surface area contributed by atoms with Crippen LogP contribution < -0.4 is 5.32 Å². The minimum Gasteiger partial charge on any atom is -0.306 e. The molecule has 0 heterocycles. The molecule has 0 aromatic heterocycles. The van der Waals surface area contributed by atoms with Crippen LogP contribution in [-0.2, 0) is 0 Å². The van der Waals surface area contributed by atoms with Gasteiger partial charge < -0.3 is 5.32 Å². The minimum absolute atomic E-state index is 0.181. The Bertz CT molecular complexity index is 583. The zero-order valence-corrected chi connectivity index (χ0v) is 14.1. The molecule has 106 valence electrons. The standard InChI is InChI=1S/C17H19BrClN/c1-3-9-20-17(13-5-4-6-15(19)11-13)14-7-8-16(18)12(2)10-14/h4-8,10-11,17,20H,3,9H2,1-2H3. The van der Waals surface area contributed by atoms with Crippen molar-refractivity contribution < 1.29 is 0 Å². The fourth-order valence-corrected chi connectivity index (χ4v) is 2.70. The third kappa shape index (κ3) is 3.85. The number of hydrogen-bond acceptors (Lipinski definition) is 1. The monoisotopic (exact) mass is 351 g/mol. The van der Waals surface area contributed by atoms with Gasteiger partial charge in [-0.15, -0.1) is 0 Å². The summed E-state index contributed by atoms with van der Waals surface area (Å²) >= 11 is 9.69. The van der Waals surface area contributed by atoms with Crippen LogP contribution in [0.5, 0.6) is 0 Å². The molecule has 0 radical (unpaired) electrons. The summed E-state index contributed by atoms with van der Waals surface area (Å²) in [4.78, 5) is 0. The fourth-order valence-electron chi connectivity index (χ4n) is 2.25. The van der Waals surface area contributed by atoms with Crippen molar-refractivity contribution in [2.75, 3.05) is 6.54 Å². The molecular weight excluding hydrogens is 334 g/mol.